The van der Waals surface area contributed by atoms with Crippen molar-refractivity contribution in [3.63, 3.8) is 0 Å². The van der Waals surface area contributed by atoms with Gasteiger partial charge >= 0.3 is 0 Å². The van der Waals surface area contributed by atoms with Crippen LogP contribution < -0.4 is 10.6 Å². The first-order valence-corrected chi connectivity index (χ1v) is 5.62. The average Bonchev–Trinajstić information content (AvgIpc) is 2.39. The lowest BCUT2D eigenvalue weighted by atomic mass is 10.2. The molecule has 0 saturated heterocycles. The molecule has 1 heterocycles. The van der Waals surface area contributed by atoms with Crippen molar-refractivity contribution in [2.24, 2.45) is 0 Å². The fraction of sp³-hybridized carbons (Fsp3) is 0.500. The Morgan fingerprint density at radius 1 is 1.31 bits per heavy atom. The Balaban J connectivity index is 0.00000106. The van der Waals surface area contributed by atoms with Crippen LogP contribution >= 0.6 is 0 Å². The average molecular weight is 223 g/mol. The molecule has 1 rings (SSSR count). The minimum absolute atomic E-state index is 0.163. The van der Waals surface area contributed by atoms with E-state index >= 15 is 0 Å². The maximum absolute atomic E-state index is 11.3. The molecule has 0 fully saturated rings. The number of rotatable bonds is 3. The van der Waals surface area contributed by atoms with Crippen LogP contribution in [-0.4, -0.2) is 25.0 Å². The minimum Gasteiger partial charge on any atom is -0.373 e. The van der Waals surface area contributed by atoms with Gasteiger partial charge in [-0.1, -0.05) is 26.8 Å². The van der Waals surface area contributed by atoms with E-state index in [-0.39, 0.29) is 5.91 Å². The highest BCUT2D eigenvalue weighted by Crippen LogP contribution is 2.13. The van der Waals surface area contributed by atoms with Gasteiger partial charge in [-0.05, 0) is 18.1 Å². The van der Waals surface area contributed by atoms with E-state index in [4.69, 9.17) is 0 Å². The zero-order chi connectivity index (χ0) is 12.6. The van der Waals surface area contributed by atoms with Gasteiger partial charge in [0, 0.05) is 14.1 Å². The number of aromatic nitrogens is 1. The molecule has 0 aliphatic heterocycles. The highest BCUT2D eigenvalue weighted by atomic mass is 16.1. The number of nitrogens with one attached hydrogen (secondary N) is 2. The third kappa shape index (κ3) is 3.53. The molecule has 0 saturated carbocycles. The van der Waals surface area contributed by atoms with Crippen LogP contribution in [0.4, 0.5) is 5.82 Å². The normalized spacial score (nSPS) is 8.81. The lowest BCUT2D eigenvalue weighted by Gasteiger charge is -2.07. The summed E-state index contributed by atoms with van der Waals surface area (Å²) in [5.74, 6) is 0.609. The molecular formula is C12H21N3O. The van der Waals surface area contributed by atoms with Crippen molar-refractivity contribution in [3.8, 4) is 0 Å². The van der Waals surface area contributed by atoms with Crippen molar-refractivity contribution in [2.45, 2.75) is 27.2 Å². The monoisotopic (exact) mass is 223 g/mol. The number of carbonyl (C=O) groups is 1. The van der Waals surface area contributed by atoms with Gasteiger partial charge in [0.15, 0.2) is 0 Å². The van der Waals surface area contributed by atoms with Crippen LogP contribution in [0.1, 0.15) is 36.8 Å². The molecule has 0 aromatic carbocycles. The van der Waals surface area contributed by atoms with E-state index in [2.05, 4.69) is 22.5 Å². The van der Waals surface area contributed by atoms with Crippen LogP contribution in [0.2, 0.25) is 0 Å². The number of hydrogen-bond donors (Lipinski definition) is 2. The van der Waals surface area contributed by atoms with Gasteiger partial charge in [0.25, 0.3) is 5.91 Å². The highest BCUT2D eigenvalue weighted by Gasteiger charge is 2.07. The molecule has 1 aromatic rings. The molecule has 4 heteroatoms. The lowest BCUT2D eigenvalue weighted by molar-refractivity contribution is 0.0958. The first kappa shape index (κ1) is 14.4. The molecule has 0 bridgehead atoms. The molecular weight excluding hydrogens is 202 g/mol. The number of amides is 1. The van der Waals surface area contributed by atoms with Gasteiger partial charge in [0.05, 0.1) is 0 Å². The van der Waals surface area contributed by atoms with Crippen molar-refractivity contribution in [3.05, 3.63) is 23.4 Å². The standard InChI is InChI=1S/C10H15N3O.C2H6/c1-4-7-5-6-8(10(14)12-3)13-9(7)11-2;1-2/h5-6H,4H2,1-3H3,(H,11,13)(H,12,14);1-2H3. The highest BCUT2D eigenvalue weighted by molar-refractivity contribution is 5.92. The first-order valence-electron chi connectivity index (χ1n) is 5.62. The molecule has 1 amide bonds. The summed E-state index contributed by atoms with van der Waals surface area (Å²) in [6.45, 7) is 6.05. The van der Waals surface area contributed by atoms with Crippen LogP contribution in [0.5, 0.6) is 0 Å². The minimum atomic E-state index is -0.163. The Hall–Kier alpha value is -1.58. The first-order chi connectivity index (χ1) is 7.72. The molecule has 0 aliphatic carbocycles. The van der Waals surface area contributed by atoms with Gasteiger partial charge in [-0.15, -0.1) is 0 Å². The fourth-order valence-corrected chi connectivity index (χ4v) is 1.24. The third-order valence-electron chi connectivity index (χ3n) is 2.06. The number of anilines is 1. The van der Waals surface area contributed by atoms with Crippen LogP contribution in [-0.2, 0) is 6.42 Å². The summed E-state index contributed by atoms with van der Waals surface area (Å²) in [4.78, 5) is 15.5. The number of pyridine rings is 1. The van der Waals surface area contributed by atoms with Crippen LogP contribution in [0, 0.1) is 0 Å². The van der Waals surface area contributed by atoms with E-state index < -0.39 is 0 Å². The van der Waals surface area contributed by atoms with Gasteiger partial charge in [-0.25, -0.2) is 4.98 Å². The van der Waals surface area contributed by atoms with E-state index in [1.165, 1.54) is 0 Å². The predicted octanol–water partition coefficient (Wildman–Crippen LogP) is 2.07. The largest absolute Gasteiger partial charge is 0.373 e. The molecule has 90 valence electrons. The fourth-order valence-electron chi connectivity index (χ4n) is 1.24. The quantitative estimate of drug-likeness (QED) is 0.824. The molecule has 4 nitrogen and oxygen atoms in total. The Kier molecular flexibility index (Phi) is 6.92. The topological polar surface area (TPSA) is 54.0 Å². The van der Waals surface area contributed by atoms with E-state index in [0.717, 1.165) is 17.8 Å². The van der Waals surface area contributed by atoms with E-state index in [1.54, 1.807) is 20.2 Å². The zero-order valence-corrected chi connectivity index (χ0v) is 10.7. The number of nitrogens with zero attached hydrogens (tertiary/aromatic N) is 1. The molecule has 0 atom stereocenters. The molecule has 2 N–H and O–H groups in total. The molecule has 0 unspecified atom stereocenters. The second kappa shape index (κ2) is 7.68. The summed E-state index contributed by atoms with van der Waals surface area (Å²) in [6.07, 6.45) is 0.900. The van der Waals surface area contributed by atoms with Crippen molar-refractivity contribution in [1.82, 2.24) is 10.3 Å². The maximum atomic E-state index is 11.3. The summed E-state index contributed by atoms with van der Waals surface area (Å²) >= 11 is 0. The second-order valence-electron chi connectivity index (χ2n) is 2.89. The smallest absolute Gasteiger partial charge is 0.269 e. The van der Waals surface area contributed by atoms with Gasteiger partial charge < -0.3 is 10.6 Å². The van der Waals surface area contributed by atoms with Crippen LogP contribution in [0.15, 0.2) is 12.1 Å². The second-order valence-corrected chi connectivity index (χ2v) is 2.89. The molecule has 0 spiro atoms. The van der Waals surface area contributed by atoms with Gasteiger partial charge in [0.1, 0.15) is 11.5 Å². The predicted molar refractivity (Wildman–Crippen MR) is 67.9 cm³/mol. The summed E-state index contributed by atoms with van der Waals surface area (Å²) in [5.41, 5.74) is 1.55. The maximum Gasteiger partial charge on any atom is 0.269 e. The lowest BCUT2D eigenvalue weighted by Crippen LogP contribution is -2.19. The SMILES string of the molecule is CC.CCc1ccc(C(=O)NC)nc1NC. The summed E-state index contributed by atoms with van der Waals surface area (Å²) in [7, 11) is 3.39. The molecule has 0 radical (unpaired) electrons. The molecule has 1 aromatic heterocycles. The van der Waals surface area contributed by atoms with Crippen LogP contribution in [0.25, 0.3) is 0 Å². The van der Waals surface area contributed by atoms with Crippen molar-refractivity contribution in [1.29, 1.82) is 0 Å². The van der Waals surface area contributed by atoms with E-state index in [9.17, 15) is 4.79 Å². The molecule has 16 heavy (non-hydrogen) atoms. The Bertz CT molecular complexity index is 337. The van der Waals surface area contributed by atoms with Gasteiger partial charge in [0.2, 0.25) is 0 Å². The molecule has 0 aliphatic rings. The number of carbonyl (C=O) groups excluding carboxylic acids is 1. The third-order valence-corrected chi connectivity index (χ3v) is 2.06. The van der Waals surface area contributed by atoms with E-state index in [0.29, 0.717) is 5.69 Å². The Morgan fingerprint density at radius 2 is 1.94 bits per heavy atom. The van der Waals surface area contributed by atoms with Crippen LogP contribution in [0.3, 0.4) is 0 Å². The van der Waals surface area contributed by atoms with Gasteiger partial charge in [-0.3, -0.25) is 4.79 Å². The van der Waals surface area contributed by atoms with Crippen molar-refractivity contribution in [2.75, 3.05) is 19.4 Å². The van der Waals surface area contributed by atoms with Gasteiger partial charge in [-0.2, -0.15) is 0 Å². The van der Waals surface area contributed by atoms with Crippen molar-refractivity contribution >= 4 is 11.7 Å². The van der Waals surface area contributed by atoms with Crippen molar-refractivity contribution < 1.29 is 4.79 Å². The van der Waals surface area contributed by atoms with E-state index in [1.807, 2.05) is 19.9 Å². The zero-order valence-electron chi connectivity index (χ0n) is 10.7. The Morgan fingerprint density at radius 3 is 2.38 bits per heavy atom. The number of aryl methyl sites for hydroxylation is 1. The summed E-state index contributed by atoms with van der Waals surface area (Å²) < 4.78 is 0. The Labute approximate surface area is 97.5 Å². The summed E-state index contributed by atoms with van der Waals surface area (Å²) in [6, 6.07) is 3.65. The number of hydrogen-bond acceptors (Lipinski definition) is 3. The summed E-state index contributed by atoms with van der Waals surface area (Å²) in [5, 5.41) is 5.52.